The molecule has 0 aliphatic carbocycles. The van der Waals surface area contributed by atoms with Crippen LogP contribution >= 0.6 is 0 Å². The zero-order chi connectivity index (χ0) is 16.7. The molecule has 1 saturated heterocycles. The Labute approximate surface area is 140 Å². The number of likely N-dealkylation sites (N-methyl/N-ethyl adjacent to an activating group) is 1. The lowest BCUT2D eigenvalue weighted by Gasteiger charge is -2.38. The molecule has 1 heterocycles. The summed E-state index contributed by atoms with van der Waals surface area (Å²) in [5.41, 5.74) is 0. The highest BCUT2D eigenvalue weighted by atomic mass is 16.5. The van der Waals surface area contributed by atoms with Gasteiger partial charge in [-0.1, -0.05) is 25.1 Å². The molecule has 2 unspecified atom stereocenters. The van der Waals surface area contributed by atoms with E-state index in [0.29, 0.717) is 12.6 Å². The zero-order valence-electron chi connectivity index (χ0n) is 14.7. The van der Waals surface area contributed by atoms with Crippen molar-refractivity contribution in [1.29, 1.82) is 0 Å². The van der Waals surface area contributed by atoms with E-state index in [4.69, 9.17) is 4.74 Å². The summed E-state index contributed by atoms with van der Waals surface area (Å²) in [6, 6.07) is 10.1. The quantitative estimate of drug-likeness (QED) is 0.774. The van der Waals surface area contributed by atoms with Gasteiger partial charge in [-0.05, 0) is 51.8 Å². The molecule has 1 aromatic carbocycles. The number of carbonyl (C=O) groups excluding carboxylic acids is 1. The van der Waals surface area contributed by atoms with Crippen LogP contribution < -0.4 is 4.74 Å². The van der Waals surface area contributed by atoms with Crippen molar-refractivity contribution in [3.8, 4) is 5.75 Å². The van der Waals surface area contributed by atoms with Crippen LogP contribution in [0.5, 0.6) is 5.75 Å². The number of ether oxygens (including phenoxy) is 1. The topological polar surface area (TPSA) is 32.8 Å². The van der Waals surface area contributed by atoms with Gasteiger partial charge in [0.05, 0.1) is 6.04 Å². The maximum Gasteiger partial charge on any atom is 0.239 e. The summed E-state index contributed by atoms with van der Waals surface area (Å²) in [7, 11) is 2.00. The Morgan fingerprint density at radius 1 is 1.35 bits per heavy atom. The number of benzene rings is 1. The molecule has 23 heavy (non-hydrogen) atoms. The molecule has 1 fully saturated rings. The Morgan fingerprint density at radius 2 is 2.09 bits per heavy atom. The summed E-state index contributed by atoms with van der Waals surface area (Å²) in [4.78, 5) is 17.0. The fourth-order valence-electron chi connectivity index (χ4n) is 3.16. The molecule has 0 N–H and O–H groups in total. The molecule has 1 aromatic rings. The lowest BCUT2D eigenvalue weighted by atomic mass is 9.99. The molecule has 0 saturated carbocycles. The molecule has 2 atom stereocenters. The van der Waals surface area contributed by atoms with E-state index in [1.807, 2.05) is 44.3 Å². The first-order chi connectivity index (χ1) is 11.1. The molecule has 1 aliphatic rings. The summed E-state index contributed by atoms with van der Waals surface area (Å²) in [6.45, 7) is 6.43. The van der Waals surface area contributed by atoms with Crippen LogP contribution in [0.25, 0.3) is 0 Å². The minimum atomic E-state index is -0.0958. The third kappa shape index (κ3) is 4.96. The average molecular weight is 318 g/mol. The van der Waals surface area contributed by atoms with E-state index in [0.717, 1.165) is 38.1 Å². The van der Waals surface area contributed by atoms with Crippen LogP contribution in [0.4, 0.5) is 0 Å². The van der Waals surface area contributed by atoms with E-state index in [1.165, 1.54) is 6.42 Å². The number of nitrogens with zero attached hydrogens (tertiary/aromatic N) is 2. The number of hydrogen-bond donors (Lipinski definition) is 0. The van der Waals surface area contributed by atoms with E-state index in [2.05, 4.69) is 16.7 Å². The lowest BCUT2D eigenvalue weighted by molar-refractivity contribution is -0.139. The molecule has 4 heteroatoms. The van der Waals surface area contributed by atoms with Gasteiger partial charge in [-0.2, -0.15) is 0 Å². The summed E-state index contributed by atoms with van der Waals surface area (Å²) >= 11 is 0. The summed E-state index contributed by atoms with van der Waals surface area (Å²) in [5.74, 6) is 1.14. The summed E-state index contributed by atoms with van der Waals surface area (Å²) in [5, 5.41) is 0. The lowest BCUT2D eigenvalue weighted by Crippen LogP contribution is -2.51. The largest absolute Gasteiger partial charge is 0.492 e. The third-order valence-corrected chi connectivity index (χ3v) is 4.86. The maximum atomic E-state index is 12.8. The molecule has 0 radical (unpaired) electrons. The third-order valence-electron chi connectivity index (χ3n) is 4.86. The number of piperidine rings is 1. The first-order valence-corrected chi connectivity index (χ1v) is 8.82. The summed E-state index contributed by atoms with van der Waals surface area (Å²) < 4.78 is 5.73. The van der Waals surface area contributed by atoms with Gasteiger partial charge in [-0.25, -0.2) is 0 Å². The highest BCUT2D eigenvalue weighted by Gasteiger charge is 2.30. The fraction of sp³-hybridized carbons (Fsp3) is 0.632. The van der Waals surface area contributed by atoms with Crippen LogP contribution in [0.15, 0.2) is 30.3 Å². The highest BCUT2D eigenvalue weighted by molar-refractivity contribution is 5.81. The van der Waals surface area contributed by atoms with E-state index in [1.54, 1.807) is 0 Å². The van der Waals surface area contributed by atoms with Crippen molar-refractivity contribution < 1.29 is 9.53 Å². The Bertz CT molecular complexity index is 478. The molecular formula is C19H30N2O2. The van der Waals surface area contributed by atoms with Crippen molar-refractivity contribution in [3.63, 3.8) is 0 Å². The van der Waals surface area contributed by atoms with E-state index in [-0.39, 0.29) is 11.9 Å². The Morgan fingerprint density at radius 3 is 2.78 bits per heavy atom. The molecule has 0 aromatic heterocycles. The number of amides is 1. The van der Waals surface area contributed by atoms with Crippen LogP contribution in [0, 0.1) is 0 Å². The zero-order valence-corrected chi connectivity index (χ0v) is 14.7. The summed E-state index contributed by atoms with van der Waals surface area (Å²) in [6.07, 6.45) is 4.59. The van der Waals surface area contributed by atoms with Crippen LogP contribution in [0.3, 0.4) is 0 Å². The number of likely N-dealkylation sites (tertiary alicyclic amines) is 1. The van der Waals surface area contributed by atoms with Gasteiger partial charge in [0, 0.05) is 19.1 Å². The first kappa shape index (κ1) is 17.8. The molecule has 2 rings (SSSR count). The van der Waals surface area contributed by atoms with Gasteiger partial charge in [0.2, 0.25) is 5.91 Å². The van der Waals surface area contributed by atoms with Crippen molar-refractivity contribution in [2.24, 2.45) is 0 Å². The minimum Gasteiger partial charge on any atom is -0.492 e. The number of hydrogen-bond acceptors (Lipinski definition) is 3. The van der Waals surface area contributed by atoms with Crippen molar-refractivity contribution in [1.82, 2.24) is 9.80 Å². The van der Waals surface area contributed by atoms with Gasteiger partial charge in [0.1, 0.15) is 12.4 Å². The molecule has 0 bridgehead atoms. The SMILES string of the molecule is CCC1CCCCN1C(=O)C(C)N(C)CCOc1ccccc1. The van der Waals surface area contributed by atoms with Crippen molar-refractivity contribution in [3.05, 3.63) is 30.3 Å². The second kappa shape index (κ2) is 8.92. The van der Waals surface area contributed by atoms with E-state index < -0.39 is 0 Å². The van der Waals surface area contributed by atoms with Gasteiger partial charge < -0.3 is 9.64 Å². The predicted octanol–water partition coefficient (Wildman–Crippen LogP) is 3.18. The Kier molecular flexibility index (Phi) is 6.90. The predicted molar refractivity (Wildman–Crippen MR) is 93.7 cm³/mol. The van der Waals surface area contributed by atoms with Crippen LogP contribution in [-0.4, -0.2) is 54.5 Å². The second-order valence-electron chi connectivity index (χ2n) is 6.41. The highest BCUT2D eigenvalue weighted by Crippen LogP contribution is 2.21. The van der Waals surface area contributed by atoms with Gasteiger partial charge >= 0.3 is 0 Å². The van der Waals surface area contributed by atoms with Crippen molar-refractivity contribution in [2.45, 2.75) is 51.6 Å². The molecule has 0 spiro atoms. The molecule has 1 aliphatic heterocycles. The van der Waals surface area contributed by atoms with Crippen LogP contribution in [0.1, 0.15) is 39.5 Å². The average Bonchev–Trinajstić information content (AvgIpc) is 2.61. The van der Waals surface area contributed by atoms with Gasteiger partial charge in [0.15, 0.2) is 0 Å². The van der Waals surface area contributed by atoms with E-state index in [9.17, 15) is 4.79 Å². The molecule has 4 nitrogen and oxygen atoms in total. The number of para-hydroxylation sites is 1. The fourth-order valence-corrected chi connectivity index (χ4v) is 3.16. The Balaban J connectivity index is 1.81. The van der Waals surface area contributed by atoms with E-state index >= 15 is 0 Å². The Hall–Kier alpha value is -1.55. The number of carbonyl (C=O) groups is 1. The number of rotatable bonds is 7. The normalized spacial score (nSPS) is 19.7. The van der Waals surface area contributed by atoms with Crippen molar-refractivity contribution in [2.75, 3.05) is 26.7 Å². The smallest absolute Gasteiger partial charge is 0.239 e. The first-order valence-electron chi connectivity index (χ1n) is 8.82. The monoisotopic (exact) mass is 318 g/mol. The second-order valence-corrected chi connectivity index (χ2v) is 6.41. The van der Waals surface area contributed by atoms with Gasteiger partial charge in [0.25, 0.3) is 0 Å². The van der Waals surface area contributed by atoms with Crippen LogP contribution in [0.2, 0.25) is 0 Å². The molecule has 128 valence electrons. The van der Waals surface area contributed by atoms with Gasteiger partial charge in [-0.15, -0.1) is 0 Å². The van der Waals surface area contributed by atoms with Gasteiger partial charge in [-0.3, -0.25) is 9.69 Å². The standard InChI is InChI=1S/C19H30N2O2/c1-4-17-10-8-9-13-21(17)19(22)16(2)20(3)14-15-23-18-11-6-5-7-12-18/h5-7,11-12,16-17H,4,8-10,13-15H2,1-3H3. The van der Waals surface area contributed by atoms with Crippen molar-refractivity contribution >= 4 is 5.91 Å². The van der Waals surface area contributed by atoms with Crippen LogP contribution in [-0.2, 0) is 4.79 Å². The maximum absolute atomic E-state index is 12.8. The molecule has 1 amide bonds. The minimum absolute atomic E-state index is 0.0958. The molecular weight excluding hydrogens is 288 g/mol.